The number of hydrogen-bond acceptors (Lipinski definition) is 3. The summed E-state index contributed by atoms with van der Waals surface area (Å²) in [5.41, 5.74) is -0.399. The van der Waals surface area contributed by atoms with Crippen LogP contribution >= 0.6 is 0 Å². The Morgan fingerprint density at radius 3 is 1.44 bits per heavy atom. The van der Waals surface area contributed by atoms with Crippen LogP contribution in [0.1, 0.15) is 189 Å². The third kappa shape index (κ3) is 13.6. The number of carbonyl (C=O) groups is 3. The fourth-order valence-corrected chi connectivity index (χ4v) is 9.49. The molecular weight excluding hydrogens is 564 g/mol. The molecule has 1 saturated carbocycles. The topological polar surface area (TPSA) is 112 Å². The Balaban J connectivity index is 4.09. The summed E-state index contributed by atoms with van der Waals surface area (Å²) in [6.07, 6.45) is 20.7. The Morgan fingerprint density at radius 2 is 1.04 bits per heavy atom. The highest BCUT2D eigenvalue weighted by Crippen LogP contribution is 2.68. The molecule has 1 rings (SSSR count). The van der Waals surface area contributed by atoms with Gasteiger partial charge in [-0.25, -0.2) is 0 Å². The molecule has 0 heterocycles. The molecule has 1 aliphatic rings. The molecule has 6 nitrogen and oxygen atoms in total. The van der Waals surface area contributed by atoms with E-state index in [1.807, 2.05) is 0 Å². The lowest BCUT2D eigenvalue weighted by molar-refractivity contribution is -0.155. The molecule has 0 aromatic heterocycles. The normalized spacial score (nSPS) is 25.5. The second-order valence-electron chi connectivity index (χ2n) is 15.1. The molecule has 6 atom stereocenters. The monoisotopic (exact) mass is 637 g/mol. The minimum atomic E-state index is -0.782. The zero-order valence-corrected chi connectivity index (χ0v) is 30.2. The summed E-state index contributed by atoms with van der Waals surface area (Å²) in [7, 11) is 0. The lowest BCUT2D eigenvalue weighted by Crippen LogP contribution is -2.55. The predicted octanol–water partition coefficient (Wildman–Crippen LogP) is 11.4. The van der Waals surface area contributed by atoms with Crippen LogP contribution in [0.2, 0.25) is 0 Å². The zero-order chi connectivity index (χ0) is 33.9. The third-order valence-electron chi connectivity index (χ3n) is 12.0. The van der Waals surface area contributed by atoms with E-state index in [-0.39, 0.29) is 41.9 Å². The molecule has 0 aromatic carbocycles. The molecule has 0 amide bonds. The minimum absolute atomic E-state index is 0.119. The van der Waals surface area contributed by atoms with Crippen LogP contribution < -0.4 is 0 Å². The predicted molar refractivity (Wildman–Crippen MR) is 185 cm³/mol. The van der Waals surface area contributed by atoms with Crippen LogP contribution in [0.25, 0.3) is 0 Å². The molecule has 0 saturated heterocycles. The lowest BCUT2D eigenvalue weighted by atomic mass is 9.41. The molecule has 0 spiro atoms. The van der Waals surface area contributed by atoms with Gasteiger partial charge in [0.25, 0.3) is 0 Å². The molecule has 6 heteroatoms. The van der Waals surface area contributed by atoms with E-state index in [1.54, 1.807) is 0 Å². The first-order chi connectivity index (χ1) is 21.5. The lowest BCUT2D eigenvalue weighted by Gasteiger charge is -2.63. The van der Waals surface area contributed by atoms with Crippen molar-refractivity contribution in [2.24, 2.45) is 40.4 Å². The van der Waals surface area contributed by atoms with Crippen molar-refractivity contribution in [3.63, 3.8) is 0 Å². The van der Waals surface area contributed by atoms with E-state index in [4.69, 9.17) is 0 Å². The molecule has 0 aliphatic heterocycles. The highest BCUT2D eigenvalue weighted by atomic mass is 16.4. The minimum Gasteiger partial charge on any atom is -0.481 e. The van der Waals surface area contributed by atoms with Crippen molar-refractivity contribution in [2.75, 3.05) is 0 Å². The summed E-state index contributed by atoms with van der Waals surface area (Å²) < 4.78 is 0. The summed E-state index contributed by atoms with van der Waals surface area (Å²) in [4.78, 5) is 36.4. The van der Waals surface area contributed by atoms with E-state index in [0.29, 0.717) is 37.0 Å². The zero-order valence-electron chi connectivity index (χ0n) is 30.2. The van der Waals surface area contributed by atoms with Gasteiger partial charge in [-0.15, -0.1) is 0 Å². The van der Waals surface area contributed by atoms with Gasteiger partial charge in [0.1, 0.15) is 0 Å². The first-order valence-electron chi connectivity index (χ1n) is 19.1. The van der Waals surface area contributed by atoms with Crippen LogP contribution in [0.3, 0.4) is 0 Å². The van der Waals surface area contributed by atoms with Gasteiger partial charge in [0.05, 0.1) is 0 Å². The molecule has 1 aliphatic carbocycles. The largest absolute Gasteiger partial charge is 0.481 e. The van der Waals surface area contributed by atoms with E-state index < -0.39 is 17.9 Å². The maximum Gasteiger partial charge on any atom is 0.303 e. The molecule has 0 radical (unpaired) electrons. The van der Waals surface area contributed by atoms with E-state index in [9.17, 15) is 29.7 Å². The van der Waals surface area contributed by atoms with Crippen molar-refractivity contribution < 1.29 is 29.7 Å². The summed E-state index contributed by atoms with van der Waals surface area (Å²) in [6, 6.07) is 0. The smallest absolute Gasteiger partial charge is 0.303 e. The van der Waals surface area contributed by atoms with Crippen molar-refractivity contribution in [2.45, 2.75) is 189 Å². The summed E-state index contributed by atoms with van der Waals surface area (Å²) in [6.45, 7) is 13.6. The van der Waals surface area contributed by atoms with Crippen molar-refractivity contribution in [3.8, 4) is 0 Å². The molecule has 45 heavy (non-hydrogen) atoms. The van der Waals surface area contributed by atoms with Crippen LogP contribution in [0.15, 0.2) is 0 Å². The van der Waals surface area contributed by atoms with Crippen molar-refractivity contribution in [1.82, 2.24) is 0 Å². The first kappa shape index (κ1) is 41.4. The fourth-order valence-electron chi connectivity index (χ4n) is 9.49. The van der Waals surface area contributed by atoms with E-state index >= 15 is 0 Å². The highest BCUT2D eigenvalue weighted by molar-refractivity contribution is 5.67. The average molecular weight is 637 g/mol. The van der Waals surface area contributed by atoms with Gasteiger partial charge in [-0.05, 0) is 91.8 Å². The van der Waals surface area contributed by atoms with Gasteiger partial charge in [0, 0.05) is 19.3 Å². The fraction of sp³-hybridized carbons (Fsp3) is 0.923. The average Bonchev–Trinajstić information content (AvgIpc) is 3.01. The van der Waals surface area contributed by atoms with Gasteiger partial charge in [-0.2, -0.15) is 0 Å². The quantitative estimate of drug-likeness (QED) is 0.0827. The van der Waals surface area contributed by atoms with E-state index in [2.05, 4.69) is 41.5 Å². The molecule has 264 valence electrons. The van der Waals surface area contributed by atoms with Gasteiger partial charge >= 0.3 is 17.9 Å². The summed E-state index contributed by atoms with van der Waals surface area (Å²) >= 11 is 0. The number of carboxylic acid groups (broad SMARTS) is 3. The van der Waals surface area contributed by atoms with Crippen LogP contribution in [0.5, 0.6) is 0 Å². The molecule has 0 aromatic rings. The SMILES string of the molecule is CCCCC(CC)CC1(CCC(=O)O)CC(CCC(=O)O)CC(CCC(=O)O)C1(CC(CC)CCCC)CC(CC)CCCC. The van der Waals surface area contributed by atoms with Crippen molar-refractivity contribution in [3.05, 3.63) is 0 Å². The summed E-state index contributed by atoms with van der Waals surface area (Å²) in [5, 5.41) is 29.8. The maximum absolute atomic E-state index is 12.4. The number of unbranched alkanes of at least 4 members (excludes halogenated alkanes) is 3. The van der Waals surface area contributed by atoms with Crippen LogP contribution in [-0.4, -0.2) is 33.2 Å². The van der Waals surface area contributed by atoms with Gasteiger partial charge in [0.2, 0.25) is 0 Å². The number of rotatable bonds is 27. The molecule has 0 bridgehead atoms. The van der Waals surface area contributed by atoms with E-state index in [0.717, 1.165) is 96.3 Å². The van der Waals surface area contributed by atoms with Crippen molar-refractivity contribution >= 4 is 17.9 Å². The van der Waals surface area contributed by atoms with Crippen molar-refractivity contribution in [1.29, 1.82) is 0 Å². The Bertz CT molecular complexity index is 821. The molecule has 3 N–H and O–H groups in total. The van der Waals surface area contributed by atoms with Crippen LogP contribution in [-0.2, 0) is 14.4 Å². The van der Waals surface area contributed by atoms with Crippen LogP contribution in [0.4, 0.5) is 0 Å². The van der Waals surface area contributed by atoms with Gasteiger partial charge in [-0.1, -0.05) is 119 Å². The standard InChI is InChI=1S/C39H72O6/c1-7-13-16-30(10-4)26-38(24-23-37(44)45)27-33(19-21-35(40)41)25-34(20-22-36(42)43)39(38,28-31(11-5)17-14-8-2)29-32(12-6)18-15-9-3/h30-34H,7-29H2,1-6H3,(H,40,41)(H,42,43)(H,44,45). The highest BCUT2D eigenvalue weighted by Gasteiger charge is 2.59. The Kier molecular flexibility index (Phi) is 20.3. The van der Waals surface area contributed by atoms with E-state index in [1.165, 1.54) is 12.8 Å². The Morgan fingerprint density at radius 1 is 0.622 bits per heavy atom. The summed E-state index contributed by atoms with van der Waals surface area (Å²) in [5.74, 6) is -0.429. The number of aliphatic carboxylic acids is 3. The second kappa shape index (κ2) is 22.1. The van der Waals surface area contributed by atoms with Crippen LogP contribution in [0, 0.1) is 40.4 Å². The Labute approximate surface area is 276 Å². The number of carboxylic acids is 3. The Hall–Kier alpha value is -1.59. The third-order valence-corrected chi connectivity index (χ3v) is 12.0. The van der Waals surface area contributed by atoms with Gasteiger partial charge in [-0.3, -0.25) is 14.4 Å². The van der Waals surface area contributed by atoms with Gasteiger partial charge < -0.3 is 15.3 Å². The second-order valence-corrected chi connectivity index (χ2v) is 15.1. The maximum atomic E-state index is 12.4. The van der Waals surface area contributed by atoms with Gasteiger partial charge in [0.15, 0.2) is 0 Å². The molecule has 1 fully saturated rings. The molecular formula is C39H72O6. The number of hydrogen-bond donors (Lipinski definition) is 3. The molecule has 6 unspecified atom stereocenters. The first-order valence-corrected chi connectivity index (χ1v) is 19.1.